The molecule has 0 spiro atoms. The van der Waals surface area contributed by atoms with Gasteiger partial charge in [-0.05, 0) is 18.2 Å². The maximum atomic E-state index is 13.2. The van der Waals surface area contributed by atoms with E-state index >= 15 is 0 Å². The highest BCUT2D eigenvalue weighted by Crippen LogP contribution is 2.42. The maximum absolute atomic E-state index is 13.2. The molecule has 0 fully saturated rings. The molecule has 26 heavy (non-hydrogen) atoms. The number of hydrogen-bond donors (Lipinski definition) is 1. The fourth-order valence-electron chi connectivity index (χ4n) is 2.12. The van der Waals surface area contributed by atoms with E-state index in [0.29, 0.717) is 0 Å². The summed E-state index contributed by atoms with van der Waals surface area (Å²) in [5.74, 6) is -2.42. The Morgan fingerprint density at radius 3 is 2.65 bits per heavy atom. The van der Waals surface area contributed by atoms with E-state index in [0.717, 1.165) is 24.3 Å². The van der Waals surface area contributed by atoms with Crippen LogP contribution in [0.25, 0.3) is 0 Å². The van der Waals surface area contributed by atoms with Gasteiger partial charge in [0.05, 0.1) is 4.92 Å². The van der Waals surface area contributed by atoms with E-state index < -0.39 is 41.0 Å². The molecule has 0 unspecified atom stereocenters. The summed E-state index contributed by atoms with van der Waals surface area (Å²) in [6, 6.07) is 6.12. The summed E-state index contributed by atoms with van der Waals surface area (Å²) in [4.78, 5) is 21.9. The molecule has 11 heteroatoms. The maximum Gasteiger partial charge on any atom is 0.586 e. The average Bonchev–Trinajstić information content (AvgIpc) is 2.85. The van der Waals surface area contributed by atoms with Gasteiger partial charge >= 0.3 is 12.0 Å². The first-order valence-corrected chi connectivity index (χ1v) is 7.00. The molecular formula is C15H9F3N2O6. The molecule has 0 atom stereocenters. The molecule has 1 N–H and O–H groups in total. The number of fused-ring (bicyclic) bond motifs is 1. The lowest BCUT2D eigenvalue weighted by Gasteiger charge is -2.08. The lowest BCUT2D eigenvalue weighted by Crippen LogP contribution is -2.25. The van der Waals surface area contributed by atoms with Crippen LogP contribution in [-0.4, -0.2) is 23.7 Å². The zero-order valence-electron chi connectivity index (χ0n) is 12.7. The number of carbonyl (C=O) groups is 1. The predicted molar refractivity (Wildman–Crippen MR) is 79.8 cm³/mol. The molecule has 0 bridgehead atoms. The molecule has 1 aliphatic rings. The van der Waals surface area contributed by atoms with Gasteiger partial charge in [-0.25, -0.2) is 4.39 Å². The number of amides is 1. The SMILES string of the molecule is O=C(COc1cc(F)ccc1[N+](=O)[O-])Nc1ccc2c(c1)OC(F)(F)O2. The predicted octanol–water partition coefficient (Wildman–Crippen LogP) is 3.07. The number of ether oxygens (including phenoxy) is 3. The third-order valence-electron chi connectivity index (χ3n) is 3.16. The molecule has 0 saturated carbocycles. The third kappa shape index (κ3) is 3.77. The molecule has 0 saturated heterocycles. The van der Waals surface area contributed by atoms with Crippen molar-refractivity contribution in [3.05, 3.63) is 52.3 Å². The van der Waals surface area contributed by atoms with Gasteiger partial charge in [0.2, 0.25) is 5.75 Å². The topological polar surface area (TPSA) is 99.9 Å². The van der Waals surface area contributed by atoms with Crippen LogP contribution in [0.1, 0.15) is 0 Å². The summed E-state index contributed by atoms with van der Waals surface area (Å²) in [7, 11) is 0. The standard InChI is InChI=1S/C15H9F3N2O6/c16-8-1-3-10(20(22)23)12(5-8)24-7-14(21)19-9-2-4-11-13(6-9)26-15(17,18)25-11/h1-6H,7H2,(H,19,21). The Labute approximate surface area is 143 Å². The number of carbonyl (C=O) groups excluding carboxylic acids is 1. The molecule has 1 amide bonds. The average molecular weight is 370 g/mol. The molecule has 2 aromatic carbocycles. The van der Waals surface area contributed by atoms with E-state index in [-0.39, 0.29) is 17.2 Å². The summed E-state index contributed by atoms with van der Waals surface area (Å²) in [5, 5.41) is 13.2. The summed E-state index contributed by atoms with van der Waals surface area (Å²) >= 11 is 0. The number of rotatable bonds is 5. The molecule has 2 aromatic rings. The lowest BCUT2D eigenvalue weighted by atomic mass is 10.2. The Morgan fingerprint density at radius 2 is 1.92 bits per heavy atom. The van der Waals surface area contributed by atoms with Crippen LogP contribution < -0.4 is 19.5 Å². The van der Waals surface area contributed by atoms with E-state index in [9.17, 15) is 28.1 Å². The van der Waals surface area contributed by atoms with Gasteiger partial charge in [0.1, 0.15) is 5.82 Å². The van der Waals surface area contributed by atoms with E-state index in [1.807, 2.05) is 0 Å². The first-order valence-electron chi connectivity index (χ1n) is 7.00. The molecular weight excluding hydrogens is 361 g/mol. The van der Waals surface area contributed by atoms with Gasteiger partial charge in [0.25, 0.3) is 5.91 Å². The Balaban J connectivity index is 1.64. The van der Waals surface area contributed by atoms with Gasteiger partial charge in [0, 0.05) is 23.9 Å². The third-order valence-corrected chi connectivity index (χ3v) is 3.16. The van der Waals surface area contributed by atoms with E-state index in [1.165, 1.54) is 12.1 Å². The van der Waals surface area contributed by atoms with Crippen molar-refractivity contribution in [2.45, 2.75) is 6.29 Å². The first kappa shape index (κ1) is 17.3. The van der Waals surface area contributed by atoms with Gasteiger partial charge in [-0.1, -0.05) is 0 Å². The number of hydrogen-bond acceptors (Lipinski definition) is 6. The number of alkyl halides is 2. The number of anilines is 1. The minimum atomic E-state index is -3.79. The summed E-state index contributed by atoms with van der Waals surface area (Å²) < 4.78 is 52.5. The number of nitrogens with one attached hydrogen (secondary N) is 1. The minimum Gasteiger partial charge on any atom is -0.477 e. The highest BCUT2D eigenvalue weighted by molar-refractivity contribution is 5.92. The Hall–Kier alpha value is -3.50. The quantitative estimate of drug-likeness (QED) is 0.641. The van der Waals surface area contributed by atoms with Crippen molar-refractivity contribution in [3.8, 4) is 17.2 Å². The Kier molecular flexibility index (Phi) is 4.28. The van der Waals surface area contributed by atoms with Crippen molar-refractivity contribution >= 4 is 17.3 Å². The van der Waals surface area contributed by atoms with E-state index in [4.69, 9.17) is 4.74 Å². The Bertz CT molecular complexity index is 890. The fraction of sp³-hybridized carbons (Fsp3) is 0.133. The lowest BCUT2D eigenvalue weighted by molar-refractivity contribution is -0.385. The van der Waals surface area contributed by atoms with E-state index in [2.05, 4.69) is 14.8 Å². The number of nitrogens with zero attached hydrogens (tertiary/aromatic N) is 1. The smallest absolute Gasteiger partial charge is 0.477 e. The second-order valence-electron chi connectivity index (χ2n) is 5.04. The van der Waals surface area contributed by atoms with Crippen molar-refractivity contribution in [3.63, 3.8) is 0 Å². The van der Waals surface area contributed by atoms with Crippen LogP contribution in [0.5, 0.6) is 17.2 Å². The highest BCUT2D eigenvalue weighted by Gasteiger charge is 2.43. The second kappa shape index (κ2) is 6.43. The second-order valence-corrected chi connectivity index (χ2v) is 5.04. The van der Waals surface area contributed by atoms with E-state index in [1.54, 1.807) is 0 Å². The molecule has 0 aromatic heterocycles. The molecule has 0 aliphatic carbocycles. The van der Waals surface area contributed by atoms with Gasteiger partial charge < -0.3 is 19.5 Å². The van der Waals surface area contributed by atoms with Crippen LogP contribution in [0, 0.1) is 15.9 Å². The number of halogens is 3. The van der Waals surface area contributed by atoms with Crippen molar-refractivity contribution in [1.29, 1.82) is 0 Å². The largest absolute Gasteiger partial charge is 0.586 e. The van der Waals surface area contributed by atoms with Crippen molar-refractivity contribution in [2.75, 3.05) is 11.9 Å². The molecule has 1 heterocycles. The van der Waals surface area contributed by atoms with Crippen LogP contribution in [0.4, 0.5) is 24.5 Å². The summed E-state index contributed by atoms with van der Waals surface area (Å²) in [6.07, 6.45) is -3.79. The van der Waals surface area contributed by atoms with Gasteiger partial charge in [-0.15, -0.1) is 8.78 Å². The van der Waals surface area contributed by atoms with Crippen LogP contribution in [-0.2, 0) is 4.79 Å². The van der Waals surface area contributed by atoms with Gasteiger partial charge in [-0.2, -0.15) is 0 Å². The molecule has 8 nitrogen and oxygen atoms in total. The van der Waals surface area contributed by atoms with Crippen LogP contribution >= 0.6 is 0 Å². The molecule has 0 radical (unpaired) electrons. The van der Waals surface area contributed by atoms with Gasteiger partial charge in [0.15, 0.2) is 18.1 Å². The monoisotopic (exact) mass is 370 g/mol. The highest BCUT2D eigenvalue weighted by atomic mass is 19.3. The minimum absolute atomic E-state index is 0.104. The molecule has 136 valence electrons. The number of nitro groups is 1. The number of nitro benzene ring substituents is 1. The van der Waals surface area contributed by atoms with Crippen LogP contribution in [0.15, 0.2) is 36.4 Å². The normalized spacial score (nSPS) is 14.0. The zero-order chi connectivity index (χ0) is 18.9. The first-order chi connectivity index (χ1) is 12.2. The molecule has 1 aliphatic heterocycles. The van der Waals surface area contributed by atoms with Gasteiger partial charge in [-0.3, -0.25) is 14.9 Å². The summed E-state index contributed by atoms with van der Waals surface area (Å²) in [6.45, 7) is -0.672. The van der Waals surface area contributed by atoms with Crippen molar-refractivity contribution in [1.82, 2.24) is 0 Å². The van der Waals surface area contributed by atoms with Crippen LogP contribution in [0.2, 0.25) is 0 Å². The molecule has 3 rings (SSSR count). The number of benzene rings is 2. The van der Waals surface area contributed by atoms with Crippen LogP contribution in [0.3, 0.4) is 0 Å². The zero-order valence-corrected chi connectivity index (χ0v) is 12.7. The van der Waals surface area contributed by atoms with Crippen molar-refractivity contribution < 1.29 is 37.1 Å². The fourth-order valence-corrected chi connectivity index (χ4v) is 2.12. The van der Waals surface area contributed by atoms with Crippen molar-refractivity contribution in [2.24, 2.45) is 0 Å². The Morgan fingerprint density at radius 1 is 1.19 bits per heavy atom. The summed E-state index contributed by atoms with van der Waals surface area (Å²) in [5.41, 5.74) is -0.406.